The van der Waals surface area contributed by atoms with Gasteiger partial charge in [0.05, 0.1) is 24.2 Å². The lowest BCUT2D eigenvalue weighted by Crippen LogP contribution is -2.27. The standard InChI is InChI=1S/C13H12F3N3O/c14-13(15,16)12-17-10-3-1-2-4-11(10)19(12)8-18-6-5-9(20)7-18/h1-4H,5-8H2. The van der Waals surface area contributed by atoms with Gasteiger partial charge in [-0.05, 0) is 12.1 Å². The van der Waals surface area contributed by atoms with Crippen LogP contribution in [0, 0.1) is 0 Å². The van der Waals surface area contributed by atoms with Gasteiger partial charge in [-0.25, -0.2) is 4.98 Å². The van der Waals surface area contributed by atoms with Gasteiger partial charge in [0.15, 0.2) is 0 Å². The molecule has 106 valence electrons. The normalized spacial score (nSPS) is 17.2. The van der Waals surface area contributed by atoms with E-state index in [2.05, 4.69) is 4.98 Å². The van der Waals surface area contributed by atoms with Crippen LogP contribution in [0.3, 0.4) is 0 Å². The van der Waals surface area contributed by atoms with Crippen LogP contribution in [0.1, 0.15) is 12.2 Å². The molecule has 0 radical (unpaired) electrons. The number of halogens is 3. The SMILES string of the molecule is O=C1CCN(Cn2c(C(F)(F)F)nc3ccccc32)C1. The number of hydrogen-bond donors (Lipinski definition) is 0. The minimum atomic E-state index is -4.51. The first-order valence-corrected chi connectivity index (χ1v) is 6.21. The van der Waals surface area contributed by atoms with Crippen LogP contribution >= 0.6 is 0 Å². The first-order valence-electron chi connectivity index (χ1n) is 6.21. The van der Waals surface area contributed by atoms with Crippen molar-refractivity contribution < 1.29 is 18.0 Å². The van der Waals surface area contributed by atoms with E-state index in [0.717, 1.165) is 4.57 Å². The van der Waals surface area contributed by atoms with E-state index in [1.807, 2.05) is 0 Å². The zero-order valence-corrected chi connectivity index (χ0v) is 10.5. The number of para-hydroxylation sites is 2. The Morgan fingerprint density at radius 1 is 1.25 bits per heavy atom. The Balaban J connectivity index is 2.04. The van der Waals surface area contributed by atoms with Crippen molar-refractivity contribution in [1.82, 2.24) is 14.5 Å². The molecule has 0 spiro atoms. The molecule has 2 heterocycles. The maximum Gasteiger partial charge on any atom is 0.449 e. The molecule has 0 aliphatic carbocycles. The third-order valence-corrected chi connectivity index (χ3v) is 3.36. The molecule has 2 aromatic rings. The van der Waals surface area contributed by atoms with Gasteiger partial charge in [-0.2, -0.15) is 13.2 Å². The lowest BCUT2D eigenvalue weighted by Gasteiger charge is -2.18. The summed E-state index contributed by atoms with van der Waals surface area (Å²) < 4.78 is 40.3. The largest absolute Gasteiger partial charge is 0.449 e. The van der Waals surface area contributed by atoms with Gasteiger partial charge in [0.1, 0.15) is 5.78 Å². The molecule has 1 aliphatic heterocycles. The van der Waals surface area contributed by atoms with Crippen LogP contribution in [0.5, 0.6) is 0 Å². The molecule has 3 rings (SSSR count). The number of carbonyl (C=O) groups excluding carboxylic acids is 1. The maximum absolute atomic E-state index is 13.1. The van der Waals surface area contributed by atoms with Crippen LogP contribution in [-0.2, 0) is 17.6 Å². The van der Waals surface area contributed by atoms with E-state index in [4.69, 9.17) is 0 Å². The molecule has 20 heavy (non-hydrogen) atoms. The van der Waals surface area contributed by atoms with Crippen LogP contribution in [0.15, 0.2) is 24.3 Å². The Kier molecular flexibility index (Phi) is 3.01. The Labute approximate surface area is 112 Å². The van der Waals surface area contributed by atoms with Crippen molar-refractivity contribution in [2.24, 2.45) is 0 Å². The highest BCUT2D eigenvalue weighted by Gasteiger charge is 2.38. The van der Waals surface area contributed by atoms with Crippen molar-refractivity contribution in [2.45, 2.75) is 19.3 Å². The molecule has 1 saturated heterocycles. The quantitative estimate of drug-likeness (QED) is 0.848. The average molecular weight is 283 g/mol. The Hall–Kier alpha value is -1.89. The molecule has 0 amide bonds. The number of likely N-dealkylation sites (tertiary alicyclic amines) is 1. The summed E-state index contributed by atoms with van der Waals surface area (Å²) in [5.41, 5.74) is 0.740. The fourth-order valence-corrected chi connectivity index (χ4v) is 2.45. The number of hydrogen-bond acceptors (Lipinski definition) is 3. The molecule has 0 atom stereocenters. The molecule has 0 unspecified atom stereocenters. The maximum atomic E-state index is 13.1. The van der Waals surface area contributed by atoms with Gasteiger partial charge in [-0.3, -0.25) is 9.69 Å². The summed E-state index contributed by atoms with van der Waals surface area (Å²) in [6.07, 6.45) is -4.11. The van der Waals surface area contributed by atoms with E-state index < -0.39 is 12.0 Å². The summed E-state index contributed by atoms with van der Waals surface area (Å²) in [4.78, 5) is 16.6. The van der Waals surface area contributed by atoms with Crippen LogP contribution in [0.2, 0.25) is 0 Å². The number of Topliss-reactive ketones (excluding diaryl/α,β-unsaturated/α-hetero) is 1. The molecule has 0 bridgehead atoms. The fourth-order valence-electron chi connectivity index (χ4n) is 2.45. The minimum absolute atomic E-state index is 0.0289. The predicted molar refractivity (Wildman–Crippen MR) is 65.9 cm³/mol. The highest BCUT2D eigenvalue weighted by Crippen LogP contribution is 2.31. The molecule has 1 aliphatic rings. The van der Waals surface area contributed by atoms with Gasteiger partial charge in [0.2, 0.25) is 5.82 Å². The first-order chi connectivity index (χ1) is 9.45. The summed E-state index contributed by atoms with van der Waals surface area (Å²) in [6, 6.07) is 6.49. The minimum Gasteiger partial charge on any atom is -0.307 e. The van der Waals surface area contributed by atoms with Crippen molar-refractivity contribution in [3.8, 4) is 0 Å². The Bertz CT molecular complexity index is 662. The monoisotopic (exact) mass is 283 g/mol. The summed E-state index contributed by atoms with van der Waals surface area (Å²) in [5, 5.41) is 0. The zero-order chi connectivity index (χ0) is 14.3. The number of carbonyl (C=O) groups is 1. The van der Waals surface area contributed by atoms with Gasteiger partial charge in [0, 0.05) is 13.0 Å². The summed E-state index contributed by atoms with van der Waals surface area (Å²) >= 11 is 0. The first kappa shape index (κ1) is 13.1. The summed E-state index contributed by atoms with van der Waals surface area (Å²) in [6.45, 7) is 0.716. The van der Waals surface area contributed by atoms with Crippen molar-refractivity contribution in [2.75, 3.05) is 13.1 Å². The van der Waals surface area contributed by atoms with Gasteiger partial charge in [-0.1, -0.05) is 12.1 Å². The Morgan fingerprint density at radius 3 is 2.65 bits per heavy atom. The molecule has 1 fully saturated rings. The molecule has 4 nitrogen and oxygen atoms in total. The number of fused-ring (bicyclic) bond motifs is 1. The average Bonchev–Trinajstić information content (AvgIpc) is 2.94. The van der Waals surface area contributed by atoms with Crippen LogP contribution < -0.4 is 0 Å². The second-order valence-electron chi connectivity index (χ2n) is 4.83. The van der Waals surface area contributed by atoms with Gasteiger partial charge in [-0.15, -0.1) is 0 Å². The van der Waals surface area contributed by atoms with Gasteiger partial charge < -0.3 is 4.57 Å². The number of ketones is 1. The van der Waals surface area contributed by atoms with Crippen molar-refractivity contribution in [1.29, 1.82) is 0 Å². The number of imidazole rings is 1. The second-order valence-corrected chi connectivity index (χ2v) is 4.83. The van der Waals surface area contributed by atoms with Crippen molar-refractivity contribution >= 4 is 16.8 Å². The fraction of sp³-hybridized carbons (Fsp3) is 0.385. The van der Waals surface area contributed by atoms with E-state index in [0.29, 0.717) is 24.0 Å². The molecule has 1 aromatic heterocycles. The molecule has 1 aromatic carbocycles. The highest BCUT2D eigenvalue weighted by molar-refractivity contribution is 5.82. The molecular formula is C13H12F3N3O. The second kappa shape index (κ2) is 4.59. The van der Waals surface area contributed by atoms with Gasteiger partial charge >= 0.3 is 6.18 Å². The molecular weight excluding hydrogens is 271 g/mol. The molecule has 7 heteroatoms. The highest BCUT2D eigenvalue weighted by atomic mass is 19.4. The van der Waals surface area contributed by atoms with E-state index in [9.17, 15) is 18.0 Å². The van der Waals surface area contributed by atoms with E-state index in [1.165, 1.54) is 0 Å². The third-order valence-electron chi connectivity index (χ3n) is 3.36. The van der Waals surface area contributed by atoms with Crippen LogP contribution in [-0.4, -0.2) is 33.3 Å². The predicted octanol–water partition coefficient (Wildman–Crippen LogP) is 2.29. The van der Waals surface area contributed by atoms with E-state index >= 15 is 0 Å². The smallest absolute Gasteiger partial charge is 0.307 e. The van der Waals surface area contributed by atoms with E-state index in [-0.39, 0.29) is 19.0 Å². The van der Waals surface area contributed by atoms with Crippen LogP contribution in [0.4, 0.5) is 13.2 Å². The Morgan fingerprint density at radius 2 is 2.00 bits per heavy atom. The lowest BCUT2D eigenvalue weighted by molar-refractivity contribution is -0.147. The number of nitrogens with zero attached hydrogens (tertiary/aromatic N) is 3. The van der Waals surface area contributed by atoms with E-state index in [1.54, 1.807) is 29.2 Å². The van der Waals surface area contributed by atoms with Crippen molar-refractivity contribution in [3.05, 3.63) is 30.1 Å². The number of alkyl halides is 3. The van der Waals surface area contributed by atoms with Crippen LogP contribution in [0.25, 0.3) is 11.0 Å². The number of rotatable bonds is 2. The summed E-state index contributed by atoms with van der Waals surface area (Å²) in [7, 11) is 0. The van der Waals surface area contributed by atoms with Gasteiger partial charge in [0.25, 0.3) is 0 Å². The summed E-state index contributed by atoms with van der Waals surface area (Å²) in [5.74, 6) is -0.860. The topological polar surface area (TPSA) is 38.1 Å². The number of benzene rings is 1. The van der Waals surface area contributed by atoms with Crippen molar-refractivity contribution in [3.63, 3.8) is 0 Å². The molecule has 0 N–H and O–H groups in total. The zero-order valence-electron chi connectivity index (χ0n) is 10.5. The number of aromatic nitrogens is 2. The third kappa shape index (κ3) is 2.29. The lowest BCUT2D eigenvalue weighted by atomic mass is 10.3. The molecule has 0 saturated carbocycles.